The Bertz CT molecular complexity index is 776. The molecule has 0 bridgehead atoms. The maximum Gasteiger partial charge on any atom is 0.335 e. The van der Waals surface area contributed by atoms with Crippen molar-refractivity contribution in [2.24, 2.45) is 0 Å². The Hall–Kier alpha value is -2.83. The minimum Gasteiger partial charge on any atom is -0.464 e. The topological polar surface area (TPSA) is 66.0 Å². The molecule has 0 radical (unpaired) electrons. The lowest BCUT2D eigenvalue weighted by Crippen LogP contribution is -2.29. The van der Waals surface area contributed by atoms with E-state index in [-0.39, 0.29) is 5.97 Å². The fraction of sp³-hybridized carbons (Fsp3) is 0.348. The van der Waals surface area contributed by atoms with Gasteiger partial charge in [0.25, 0.3) is 0 Å². The minimum absolute atomic E-state index is 0.325. The van der Waals surface area contributed by atoms with E-state index in [0.717, 1.165) is 11.1 Å². The summed E-state index contributed by atoms with van der Waals surface area (Å²) < 4.78 is 16.5. The van der Waals surface area contributed by atoms with Crippen molar-refractivity contribution in [1.82, 2.24) is 5.48 Å². The summed E-state index contributed by atoms with van der Waals surface area (Å²) in [6, 6.07) is 17.3. The zero-order valence-electron chi connectivity index (χ0n) is 17.2. The van der Waals surface area contributed by atoms with Crippen LogP contribution in [0.3, 0.4) is 0 Å². The predicted molar refractivity (Wildman–Crippen MR) is 112 cm³/mol. The Balaban J connectivity index is 2.12. The first-order valence-corrected chi connectivity index (χ1v) is 9.85. The minimum atomic E-state index is -0.634. The van der Waals surface area contributed by atoms with Crippen molar-refractivity contribution in [2.45, 2.75) is 33.3 Å². The molecule has 29 heavy (non-hydrogen) atoms. The molecule has 0 saturated carbocycles. The molecule has 6 nitrogen and oxygen atoms in total. The van der Waals surface area contributed by atoms with Gasteiger partial charge in [-0.15, -0.1) is 0 Å². The van der Waals surface area contributed by atoms with Gasteiger partial charge in [-0.2, -0.15) is 0 Å². The lowest BCUT2D eigenvalue weighted by atomic mass is 10.1. The van der Waals surface area contributed by atoms with Crippen molar-refractivity contribution in [3.05, 3.63) is 72.0 Å². The molecule has 1 N–H and O–H groups in total. The van der Waals surface area contributed by atoms with Gasteiger partial charge < -0.3 is 14.2 Å². The maximum absolute atomic E-state index is 12.1. The molecule has 2 rings (SSSR count). The third kappa shape index (κ3) is 7.60. The second-order valence-electron chi connectivity index (χ2n) is 6.10. The second-order valence-corrected chi connectivity index (χ2v) is 6.10. The number of nitrogens with one attached hydrogen (secondary N) is 1. The highest BCUT2D eigenvalue weighted by atomic mass is 16.6. The second kappa shape index (κ2) is 12.6. The lowest BCUT2D eigenvalue weighted by molar-refractivity contribution is -0.156. The van der Waals surface area contributed by atoms with E-state index in [0.29, 0.717) is 37.7 Å². The summed E-state index contributed by atoms with van der Waals surface area (Å²) >= 11 is 0. The summed E-state index contributed by atoms with van der Waals surface area (Å²) in [6.07, 6.45) is 1.39. The first-order chi connectivity index (χ1) is 14.2. The largest absolute Gasteiger partial charge is 0.464 e. The molecule has 2 aromatic rings. The smallest absolute Gasteiger partial charge is 0.335 e. The van der Waals surface area contributed by atoms with Gasteiger partial charge in [-0.25, -0.2) is 4.79 Å². The van der Waals surface area contributed by atoms with Crippen LogP contribution in [-0.4, -0.2) is 31.9 Å². The molecule has 2 aromatic carbocycles. The molecule has 0 aromatic heterocycles. The monoisotopic (exact) mass is 399 g/mol. The van der Waals surface area contributed by atoms with Gasteiger partial charge in [0.2, 0.25) is 0 Å². The Morgan fingerprint density at radius 1 is 1.00 bits per heavy atom. The Morgan fingerprint density at radius 2 is 1.79 bits per heavy atom. The molecule has 156 valence electrons. The van der Waals surface area contributed by atoms with E-state index in [1.54, 1.807) is 13.2 Å². The van der Waals surface area contributed by atoms with Gasteiger partial charge in [0.1, 0.15) is 17.7 Å². The molecule has 0 aliphatic carbocycles. The molecular formula is C23H29NO5. The van der Waals surface area contributed by atoms with Crippen LogP contribution in [0.25, 0.3) is 5.70 Å². The van der Waals surface area contributed by atoms with E-state index >= 15 is 0 Å². The van der Waals surface area contributed by atoms with Crippen LogP contribution in [0.15, 0.2) is 60.9 Å². The lowest BCUT2D eigenvalue weighted by Gasteiger charge is -2.16. The van der Waals surface area contributed by atoms with Gasteiger partial charge in [0, 0.05) is 18.6 Å². The molecule has 0 heterocycles. The van der Waals surface area contributed by atoms with Crippen molar-refractivity contribution < 1.29 is 23.8 Å². The number of rotatable bonds is 12. The number of esters is 1. The number of carbonyl (C=O) groups excluding carboxylic acids is 1. The molecule has 6 heteroatoms. The van der Waals surface area contributed by atoms with E-state index in [2.05, 4.69) is 5.48 Å². The predicted octanol–water partition coefficient (Wildman–Crippen LogP) is 4.12. The zero-order chi connectivity index (χ0) is 20.9. The molecule has 0 aliphatic heterocycles. The molecule has 0 amide bonds. The molecule has 0 fully saturated rings. The van der Waals surface area contributed by atoms with E-state index < -0.39 is 6.10 Å². The molecule has 0 aliphatic rings. The third-order valence-electron chi connectivity index (χ3n) is 3.96. The summed E-state index contributed by atoms with van der Waals surface area (Å²) in [5.74, 6) is 0.293. The van der Waals surface area contributed by atoms with Gasteiger partial charge >= 0.3 is 5.97 Å². The van der Waals surface area contributed by atoms with E-state index in [9.17, 15) is 4.79 Å². The molecule has 0 spiro atoms. The van der Waals surface area contributed by atoms with Crippen molar-refractivity contribution >= 4 is 11.7 Å². The number of benzene rings is 2. The van der Waals surface area contributed by atoms with Crippen molar-refractivity contribution in [3.8, 4) is 5.75 Å². The van der Waals surface area contributed by atoms with Gasteiger partial charge in [-0.3, -0.25) is 10.3 Å². The molecule has 1 unspecified atom stereocenters. The zero-order valence-corrected chi connectivity index (χ0v) is 17.2. The first kappa shape index (κ1) is 22.5. The van der Waals surface area contributed by atoms with Crippen LogP contribution in [0, 0.1) is 0 Å². The average Bonchev–Trinajstić information content (AvgIpc) is 2.74. The van der Waals surface area contributed by atoms with Crippen LogP contribution in [0.1, 0.15) is 31.9 Å². The van der Waals surface area contributed by atoms with Gasteiger partial charge in [-0.05, 0) is 38.5 Å². The summed E-state index contributed by atoms with van der Waals surface area (Å²) in [5, 5.41) is 0. The third-order valence-corrected chi connectivity index (χ3v) is 3.96. The van der Waals surface area contributed by atoms with Gasteiger partial charge in [0.05, 0.1) is 13.2 Å². The van der Waals surface area contributed by atoms with Crippen LogP contribution in [0.2, 0.25) is 0 Å². The fourth-order valence-electron chi connectivity index (χ4n) is 2.65. The van der Waals surface area contributed by atoms with Gasteiger partial charge in [-0.1, -0.05) is 42.5 Å². The molecular weight excluding hydrogens is 370 g/mol. The van der Waals surface area contributed by atoms with Crippen LogP contribution in [-0.2, 0) is 25.5 Å². The van der Waals surface area contributed by atoms with Crippen molar-refractivity contribution in [3.63, 3.8) is 0 Å². The number of hydrogen-bond acceptors (Lipinski definition) is 6. The van der Waals surface area contributed by atoms with Crippen LogP contribution >= 0.6 is 0 Å². The summed E-state index contributed by atoms with van der Waals surface area (Å²) in [6.45, 7) is 6.82. The van der Waals surface area contributed by atoms with Crippen molar-refractivity contribution in [1.29, 1.82) is 0 Å². The Morgan fingerprint density at radius 3 is 2.48 bits per heavy atom. The number of hydroxylamine groups is 1. The number of hydrogen-bond donors (Lipinski definition) is 1. The normalized spacial score (nSPS) is 12.3. The van der Waals surface area contributed by atoms with E-state index in [1.807, 2.05) is 68.4 Å². The summed E-state index contributed by atoms with van der Waals surface area (Å²) in [4.78, 5) is 17.4. The van der Waals surface area contributed by atoms with Crippen LogP contribution in [0.4, 0.5) is 0 Å². The van der Waals surface area contributed by atoms with Crippen LogP contribution < -0.4 is 10.2 Å². The molecule has 1 atom stereocenters. The van der Waals surface area contributed by atoms with Gasteiger partial charge in [0.15, 0.2) is 6.10 Å². The fourth-order valence-corrected chi connectivity index (χ4v) is 2.65. The Labute approximate surface area is 172 Å². The number of ether oxygens (including phenoxy) is 3. The Kier molecular flexibility index (Phi) is 9.75. The van der Waals surface area contributed by atoms with E-state index in [4.69, 9.17) is 19.0 Å². The highest BCUT2D eigenvalue weighted by Crippen LogP contribution is 2.18. The molecule has 0 saturated heterocycles. The number of carbonyl (C=O) groups is 1. The standard InChI is InChI=1S/C23H29NO5/c1-4-26-22(23(25)27-5-2)16-18-11-10-14-20(15-18)28-17-21(24-29-6-3)19-12-8-7-9-13-19/h7-15,17,22,24H,4-6,16H2,1-3H3. The average molecular weight is 399 g/mol. The maximum atomic E-state index is 12.1. The van der Waals surface area contributed by atoms with Crippen molar-refractivity contribution in [2.75, 3.05) is 19.8 Å². The van der Waals surface area contributed by atoms with E-state index in [1.165, 1.54) is 0 Å². The summed E-state index contributed by atoms with van der Waals surface area (Å²) in [7, 11) is 0. The SMILES string of the molecule is CCONC(=COc1cccc(CC(OCC)C(=O)OCC)c1)c1ccccc1. The summed E-state index contributed by atoms with van der Waals surface area (Å²) in [5.41, 5.74) is 5.47. The van der Waals surface area contributed by atoms with Crippen LogP contribution in [0.5, 0.6) is 5.75 Å². The quantitative estimate of drug-likeness (QED) is 0.329. The highest BCUT2D eigenvalue weighted by Gasteiger charge is 2.20. The highest BCUT2D eigenvalue weighted by molar-refractivity contribution is 5.75. The first-order valence-electron chi connectivity index (χ1n) is 9.85.